The fourth-order valence-corrected chi connectivity index (χ4v) is 3.62. The number of nitriles is 1. The molecule has 3 rings (SSSR count). The third-order valence-electron chi connectivity index (χ3n) is 5.40. The van der Waals surface area contributed by atoms with Crippen molar-refractivity contribution >= 4 is 46.7 Å². The number of aryl methyl sites for hydroxylation is 3. The molecule has 39 heavy (non-hydrogen) atoms. The Labute approximate surface area is 222 Å². The van der Waals surface area contributed by atoms with Crippen molar-refractivity contribution in [2.45, 2.75) is 6.42 Å². The number of hydrogen-bond acceptors (Lipinski definition) is 6. The highest BCUT2D eigenvalue weighted by molar-refractivity contribution is 6.08. The Morgan fingerprint density at radius 2 is 1.21 bits per heavy atom. The molecule has 0 aliphatic heterocycles. The number of carboxylic acids is 1. The number of hydrogen-bond donors (Lipinski definition) is 5. The molecule has 0 spiro atoms. The summed E-state index contributed by atoms with van der Waals surface area (Å²) >= 11 is 0. The summed E-state index contributed by atoms with van der Waals surface area (Å²) in [6.07, 6.45) is 6.35. The molecule has 0 unspecified atom stereocenters. The van der Waals surface area contributed by atoms with Gasteiger partial charge in [0, 0.05) is 58.4 Å². The van der Waals surface area contributed by atoms with E-state index >= 15 is 0 Å². The van der Waals surface area contributed by atoms with Gasteiger partial charge in [-0.3, -0.25) is 19.2 Å². The van der Waals surface area contributed by atoms with E-state index in [0.717, 1.165) is 6.08 Å². The average molecular weight is 535 g/mol. The number of nitrogens with one attached hydrogen (secondary N) is 4. The van der Waals surface area contributed by atoms with E-state index in [1.165, 1.54) is 33.5 Å². The number of aromatic nitrogens is 3. The fourth-order valence-electron chi connectivity index (χ4n) is 3.62. The maximum Gasteiger partial charge on any atom is 0.328 e. The van der Waals surface area contributed by atoms with E-state index in [2.05, 4.69) is 21.3 Å². The average Bonchev–Trinajstić information content (AvgIpc) is 3.53. The van der Waals surface area contributed by atoms with Crippen molar-refractivity contribution in [1.82, 2.24) is 19.0 Å². The molecule has 0 saturated carbocycles. The molecule has 0 saturated heterocycles. The van der Waals surface area contributed by atoms with Crippen molar-refractivity contribution in [3.63, 3.8) is 0 Å². The summed E-state index contributed by atoms with van der Waals surface area (Å²) in [5.41, 5.74) is 1.76. The van der Waals surface area contributed by atoms with Gasteiger partial charge in [0.2, 0.25) is 5.91 Å². The number of carbonyl (C=O) groups excluding carboxylic acids is 4. The van der Waals surface area contributed by atoms with Crippen LogP contribution in [0.5, 0.6) is 0 Å². The van der Waals surface area contributed by atoms with E-state index in [0.29, 0.717) is 23.1 Å². The molecule has 3 aromatic rings. The van der Waals surface area contributed by atoms with Crippen LogP contribution in [-0.2, 0) is 30.7 Å². The second-order valence-corrected chi connectivity index (χ2v) is 8.41. The number of anilines is 3. The Balaban J connectivity index is 1.66. The highest BCUT2D eigenvalue weighted by atomic mass is 16.4. The van der Waals surface area contributed by atoms with Gasteiger partial charge >= 0.3 is 5.97 Å². The van der Waals surface area contributed by atoms with Crippen LogP contribution in [0.15, 0.2) is 48.9 Å². The van der Waals surface area contributed by atoms with Crippen molar-refractivity contribution in [1.29, 1.82) is 5.26 Å². The molecular weight excluding hydrogens is 508 g/mol. The molecule has 0 bridgehead atoms. The molecule has 0 atom stereocenters. The second-order valence-electron chi connectivity index (χ2n) is 8.41. The number of carboxylic acid groups (broad SMARTS) is 1. The predicted molar refractivity (Wildman–Crippen MR) is 140 cm³/mol. The number of aliphatic carboxylic acids is 1. The molecule has 4 amide bonds. The van der Waals surface area contributed by atoms with Crippen molar-refractivity contribution in [2.75, 3.05) is 22.5 Å². The summed E-state index contributed by atoms with van der Waals surface area (Å²) in [5, 5.41) is 27.7. The first-order valence-corrected chi connectivity index (χ1v) is 11.5. The third kappa shape index (κ3) is 7.23. The number of carbonyl (C=O) groups is 5. The number of rotatable bonds is 10. The van der Waals surface area contributed by atoms with Crippen LogP contribution in [0.25, 0.3) is 0 Å². The Kier molecular flexibility index (Phi) is 8.69. The van der Waals surface area contributed by atoms with Crippen LogP contribution < -0.4 is 21.3 Å². The zero-order valence-corrected chi connectivity index (χ0v) is 21.3. The van der Waals surface area contributed by atoms with Crippen LogP contribution in [0.1, 0.15) is 37.9 Å². The Hall–Kier alpha value is -5.58. The first-order chi connectivity index (χ1) is 18.5. The van der Waals surface area contributed by atoms with Crippen LogP contribution in [0, 0.1) is 11.3 Å². The smallest absolute Gasteiger partial charge is 0.328 e. The first-order valence-electron chi connectivity index (χ1n) is 11.5. The molecule has 0 fully saturated rings. The van der Waals surface area contributed by atoms with Crippen molar-refractivity contribution in [3.8, 4) is 6.07 Å². The molecule has 3 heterocycles. The summed E-state index contributed by atoms with van der Waals surface area (Å²) in [6, 6.07) is 6.35. The van der Waals surface area contributed by atoms with Crippen molar-refractivity contribution < 1.29 is 29.1 Å². The van der Waals surface area contributed by atoms with Crippen LogP contribution in [0.3, 0.4) is 0 Å². The van der Waals surface area contributed by atoms with Gasteiger partial charge in [0.1, 0.15) is 17.1 Å². The summed E-state index contributed by atoms with van der Waals surface area (Å²) in [6.45, 7) is 0.211. The lowest BCUT2D eigenvalue weighted by molar-refractivity contribution is -0.131. The van der Waals surface area contributed by atoms with E-state index < -0.39 is 23.7 Å². The maximum absolute atomic E-state index is 12.9. The standard InChI is InChI=1S/C25H26N8O6/c1-31-13-16(10-18(31)23(37)27-8-4-7-26)29-25(39)20-11-17(14-33(20)3)30-24(38)19-9-15(12-32(19)2)28-21(34)5-6-22(35)36/h5-6,9-14H,4,8H2,1-3H3,(H,27,37)(H,28,34)(H,29,39)(H,30,38)(H,35,36)/b6-5+. The van der Waals surface area contributed by atoms with E-state index in [9.17, 15) is 24.0 Å². The van der Waals surface area contributed by atoms with Gasteiger partial charge in [-0.25, -0.2) is 4.79 Å². The lowest BCUT2D eigenvalue weighted by Crippen LogP contribution is -2.25. The van der Waals surface area contributed by atoms with Crippen molar-refractivity contribution in [2.24, 2.45) is 21.1 Å². The van der Waals surface area contributed by atoms with E-state index in [1.54, 1.807) is 38.1 Å². The van der Waals surface area contributed by atoms with Gasteiger partial charge in [-0.1, -0.05) is 0 Å². The lowest BCUT2D eigenvalue weighted by Gasteiger charge is -2.03. The highest BCUT2D eigenvalue weighted by Crippen LogP contribution is 2.19. The van der Waals surface area contributed by atoms with Crippen LogP contribution in [0.2, 0.25) is 0 Å². The topological polar surface area (TPSA) is 192 Å². The van der Waals surface area contributed by atoms with Crippen LogP contribution >= 0.6 is 0 Å². The van der Waals surface area contributed by atoms with Gasteiger partial charge in [0.15, 0.2) is 0 Å². The summed E-state index contributed by atoms with van der Waals surface area (Å²) in [4.78, 5) is 60.3. The van der Waals surface area contributed by atoms with Gasteiger partial charge in [0.05, 0.1) is 29.6 Å². The Morgan fingerprint density at radius 3 is 1.64 bits per heavy atom. The monoisotopic (exact) mass is 534 g/mol. The quantitative estimate of drug-likeness (QED) is 0.192. The highest BCUT2D eigenvalue weighted by Gasteiger charge is 2.18. The Bertz CT molecular complexity index is 1520. The van der Waals surface area contributed by atoms with Crippen molar-refractivity contribution in [3.05, 3.63) is 66.0 Å². The first kappa shape index (κ1) is 28.0. The molecule has 14 heteroatoms. The lowest BCUT2D eigenvalue weighted by atomic mass is 10.3. The zero-order valence-electron chi connectivity index (χ0n) is 21.3. The molecule has 5 N–H and O–H groups in total. The van der Waals surface area contributed by atoms with Gasteiger partial charge in [-0.2, -0.15) is 5.26 Å². The molecule has 0 aromatic carbocycles. The van der Waals surface area contributed by atoms with Gasteiger partial charge in [-0.15, -0.1) is 0 Å². The van der Waals surface area contributed by atoms with Gasteiger partial charge < -0.3 is 40.1 Å². The second kappa shape index (κ2) is 12.1. The number of nitrogens with zero attached hydrogens (tertiary/aromatic N) is 4. The summed E-state index contributed by atoms with van der Waals surface area (Å²) < 4.78 is 4.55. The predicted octanol–water partition coefficient (Wildman–Crippen LogP) is 1.43. The fraction of sp³-hybridized carbons (Fsp3) is 0.200. The number of amides is 4. The Morgan fingerprint density at radius 1 is 0.769 bits per heavy atom. The minimum Gasteiger partial charge on any atom is -0.478 e. The molecule has 0 radical (unpaired) electrons. The molecule has 0 aliphatic carbocycles. The normalized spacial score (nSPS) is 10.6. The minimum atomic E-state index is -1.27. The van der Waals surface area contributed by atoms with Gasteiger partial charge in [0.25, 0.3) is 17.7 Å². The minimum absolute atomic E-state index is 0.181. The van der Waals surface area contributed by atoms with E-state index in [-0.39, 0.29) is 35.9 Å². The summed E-state index contributed by atoms with van der Waals surface area (Å²) in [7, 11) is 4.88. The summed E-state index contributed by atoms with van der Waals surface area (Å²) in [5.74, 6) is -3.29. The van der Waals surface area contributed by atoms with E-state index in [4.69, 9.17) is 10.4 Å². The molecule has 3 aromatic heterocycles. The van der Waals surface area contributed by atoms with Crippen LogP contribution in [-0.4, -0.2) is 55.0 Å². The van der Waals surface area contributed by atoms with Crippen LogP contribution in [0.4, 0.5) is 17.1 Å². The molecule has 14 nitrogen and oxygen atoms in total. The SMILES string of the molecule is Cn1cc(NC(=O)c2cc(NC(=O)c3cc(NC(=O)/C=C/C(=O)O)cn3C)cn2C)cc1C(=O)NCCC#N. The molecular formula is C25H26N8O6. The zero-order chi connectivity index (χ0) is 28.7. The maximum atomic E-state index is 12.9. The molecule has 0 aliphatic rings. The largest absolute Gasteiger partial charge is 0.478 e. The van der Waals surface area contributed by atoms with E-state index in [1.807, 2.05) is 6.07 Å². The van der Waals surface area contributed by atoms with Gasteiger partial charge in [-0.05, 0) is 18.2 Å². The molecule has 202 valence electrons. The third-order valence-corrected chi connectivity index (χ3v) is 5.40.